The molecular formula is C10H7F3N4O2. The van der Waals surface area contributed by atoms with E-state index in [1.807, 2.05) is 0 Å². The van der Waals surface area contributed by atoms with Gasteiger partial charge in [-0.25, -0.2) is 9.78 Å². The summed E-state index contributed by atoms with van der Waals surface area (Å²) in [5.74, 6) is -2.54. The van der Waals surface area contributed by atoms with Crippen LogP contribution in [0.1, 0.15) is 40.8 Å². The maximum atomic E-state index is 12.9. The second kappa shape index (κ2) is 3.65. The third-order valence-corrected chi connectivity index (χ3v) is 2.81. The molecule has 0 aliphatic heterocycles. The summed E-state index contributed by atoms with van der Waals surface area (Å²) in [6, 6.07) is 0.908. The van der Waals surface area contributed by atoms with Crippen molar-refractivity contribution < 1.29 is 23.1 Å². The molecule has 0 unspecified atom stereocenters. The second-order valence-electron chi connectivity index (χ2n) is 4.29. The molecule has 0 saturated heterocycles. The van der Waals surface area contributed by atoms with E-state index >= 15 is 0 Å². The number of carboxylic acids is 1. The van der Waals surface area contributed by atoms with Crippen LogP contribution in [0.2, 0.25) is 0 Å². The Morgan fingerprint density at radius 3 is 2.58 bits per heavy atom. The van der Waals surface area contributed by atoms with Crippen LogP contribution in [0.4, 0.5) is 13.2 Å². The van der Waals surface area contributed by atoms with E-state index in [0.29, 0.717) is 4.52 Å². The van der Waals surface area contributed by atoms with Crippen LogP contribution in [0.3, 0.4) is 0 Å². The van der Waals surface area contributed by atoms with Crippen molar-refractivity contribution in [2.45, 2.75) is 24.9 Å². The number of carboxylic acid groups (broad SMARTS) is 1. The summed E-state index contributed by atoms with van der Waals surface area (Å²) in [4.78, 5) is 18.2. The Bertz CT molecular complexity index is 675. The Hall–Kier alpha value is -2.19. The summed E-state index contributed by atoms with van der Waals surface area (Å²) in [6.45, 7) is 0. The van der Waals surface area contributed by atoms with Crippen molar-refractivity contribution in [2.75, 3.05) is 0 Å². The van der Waals surface area contributed by atoms with Gasteiger partial charge in [0, 0.05) is 11.6 Å². The molecule has 0 radical (unpaired) electrons. The lowest BCUT2D eigenvalue weighted by Gasteiger charge is -2.09. The number of rotatable bonds is 2. The van der Waals surface area contributed by atoms with E-state index in [4.69, 9.17) is 5.11 Å². The number of hydrogen-bond donors (Lipinski definition) is 1. The quantitative estimate of drug-likeness (QED) is 0.900. The molecule has 0 amide bonds. The zero-order valence-electron chi connectivity index (χ0n) is 9.35. The fraction of sp³-hybridized carbons (Fsp3) is 0.400. The van der Waals surface area contributed by atoms with Gasteiger partial charge in [-0.15, -0.1) is 5.10 Å². The molecule has 1 saturated carbocycles. The molecule has 2 aromatic heterocycles. The molecule has 100 valence electrons. The van der Waals surface area contributed by atoms with Gasteiger partial charge in [0.2, 0.25) is 0 Å². The van der Waals surface area contributed by atoms with Gasteiger partial charge in [-0.1, -0.05) is 0 Å². The molecule has 2 heterocycles. The van der Waals surface area contributed by atoms with Crippen molar-refractivity contribution in [3.05, 3.63) is 23.3 Å². The zero-order valence-corrected chi connectivity index (χ0v) is 9.35. The first-order valence-corrected chi connectivity index (χ1v) is 5.44. The van der Waals surface area contributed by atoms with E-state index < -0.39 is 23.7 Å². The Kier molecular flexibility index (Phi) is 2.28. The average Bonchev–Trinajstić information content (AvgIpc) is 3.05. The lowest BCUT2D eigenvalue weighted by Crippen LogP contribution is -2.14. The topological polar surface area (TPSA) is 80.4 Å². The van der Waals surface area contributed by atoms with Gasteiger partial charge in [0.05, 0.1) is 0 Å². The summed E-state index contributed by atoms with van der Waals surface area (Å²) < 4.78 is 39.2. The number of aromatic carboxylic acids is 1. The molecular weight excluding hydrogens is 265 g/mol. The number of alkyl halides is 3. The normalized spacial score (nSPS) is 15.9. The van der Waals surface area contributed by atoms with Crippen LogP contribution >= 0.6 is 0 Å². The summed E-state index contributed by atoms with van der Waals surface area (Å²) >= 11 is 0. The summed E-state index contributed by atoms with van der Waals surface area (Å²) in [5, 5.41) is 12.0. The summed E-state index contributed by atoms with van der Waals surface area (Å²) in [7, 11) is 0. The highest BCUT2D eigenvalue weighted by Gasteiger charge is 2.37. The van der Waals surface area contributed by atoms with Gasteiger partial charge in [0.15, 0.2) is 5.69 Å². The Balaban J connectivity index is 2.27. The monoisotopic (exact) mass is 272 g/mol. The van der Waals surface area contributed by atoms with E-state index in [9.17, 15) is 18.0 Å². The average molecular weight is 272 g/mol. The molecule has 1 fully saturated rings. The molecule has 3 rings (SSSR count). The van der Waals surface area contributed by atoms with E-state index in [1.54, 1.807) is 0 Å². The van der Waals surface area contributed by atoms with E-state index in [2.05, 4.69) is 15.1 Å². The Morgan fingerprint density at radius 2 is 2.05 bits per heavy atom. The first-order valence-electron chi connectivity index (χ1n) is 5.44. The van der Waals surface area contributed by atoms with Crippen LogP contribution in [-0.4, -0.2) is 30.7 Å². The van der Waals surface area contributed by atoms with Crippen LogP contribution in [-0.2, 0) is 6.18 Å². The minimum absolute atomic E-state index is 0.00363. The number of nitrogens with zero attached hydrogens (tertiary/aromatic N) is 4. The maximum absolute atomic E-state index is 12.9. The minimum Gasteiger partial charge on any atom is -0.475 e. The zero-order chi connectivity index (χ0) is 13.8. The summed E-state index contributed by atoms with van der Waals surface area (Å²) in [6.07, 6.45) is -3.09. The SMILES string of the molecule is O=C(O)c1nc2nc(C3CC3)cc(C(F)(F)F)n2n1. The predicted octanol–water partition coefficient (Wildman–Crippen LogP) is 1.72. The second-order valence-corrected chi connectivity index (χ2v) is 4.29. The fourth-order valence-electron chi connectivity index (χ4n) is 1.77. The fourth-order valence-corrected chi connectivity index (χ4v) is 1.77. The lowest BCUT2D eigenvalue weighted by molar-refractivity contribution is -0.142. The van der Waals surface area contributed by atoms with Crippen LogP contribution in [0, 0.1) is 0 Å². The van der Waals surface area contributed by atoms with Crippen molar-refractivity contribution in [3.8, 4) is 0 Å². The van der Waals surface area contributed by atoms with Gasteiger partial charge in [-0.05, 0) is 18.9 Å². The van der Waals surface area contributed by atoms with Gasteiger partial charge in [-0.2, -0.15) is 22.7 Å². The van der Waals surface area contributed by atoms with Crippen molar-refractivity contribution in [1.29, 1.82) is 0 Å². The van der Waals surface area contributed by atoms with Crippen LogP contribution < -0.4 is 0 Å². The largest absolute Gasteiger partial charge is 0.475 e. The molecule has 1 N–H and O–H groups in total. The van der Waals surface area contributed by atoms with E-state index in [1.165, 1.54) is 0 Å². The van der Waals surface area contributed by atoms with Crippen molar-refractivity contribution >= 4 is 11.7 Å². The molecule has 0 bridgehead atoms. The molecule has 0 atom stereocenters. The molecule has 19 heavy (non-hydrogen) atoms. The van der Waals surface area contributed by atoms with Gasteiger partial charge < -0.3 is 5.11 Å². The maximum Gasteiger partial charge on any atom is 0.433 e. The van der Waals surface area contributed by atoms with Crippen molar-refractivity contribution in [2.24, 2.45) is 0 Å². The van der Waals surface area contributed by atoms with Crippen LogP contribution in [0.5, 0.6) is 0 Å². The molecule has 2 aromatic rings. The van der Waals surface area contributed by atoms with E-state index in [-0.39, 0.29) is 17.4 Å². The number of aromatic nitrogens is 4. The smallest absolute Gasteiger partial charge is 0.433 e. The third-order valence-electron chi connectivity index (χ3n) is 2.81. The first kappa shape index (κ1) is 11.9. The highest BCUT2D eigenvalue weighted by atomic mass is 19.4. The minimum atomic E-state index is -4.64. The Labute approximate surface area is 103 Å². The van der Waals surface area contributed by atoms with Gasteiger partial charge in [0.25, 0.3) is 11.6 Å². The van der Waals surface area contributed by atoms with Crippen LogP contribution in [0.15, 0.2) is 6.07 Å². The molecule has 6 nitrogen and oxygen atoms in total. The molecule has 0 aromatic carbocycles. The highest BCUT2D eigenvalue weighted by molar-refractivity contribution is 5.83. The van der Waals surface area contributed by atoms with Crippen molar-refractivity contribution in [1.82, 2.24) is 19.6 Å². The molecule has 1 aliphatic carbocycles. The van der Waals surface area contributed by atoms with Gasteiger partial charge in [0.1, 0.15) is 0 Å². The highest BCUT2D eigenvalue weighted by Crippen LogP contribution is 2.41. The molecule has 0 spiro atoms. The molecule has 9 heteroatoms. The number of halogens is 3. The summed E-state index contributed by atoms with van der Waals surface area (Å²) in [5.41, 5.74) is -0.774. The Morgan fingerprint density at radius 1 is 1.37 bits per heavy atom. The first-order chi connectivity index (χ1) is 8.86. The van der Waals surface area contributed by atoms with E-state index in [0.717, 1.165) is 18.9 Å². The third kappa shape index (κ3) is 2.00. The predicted molar refractivity (Wildman–Crippen MR) is 54.7 cm³/mol. The lowest BCUT2D eigenvalue weighted by atomic mass is 10.2. The number of fused-ring (bicyclic) bond motifs is 1. The standard InChI is InChI=1S/C10H7F3N4O2/c11-10(12,13)6-3-5(4-1-2-4)14-9-15-7(8(18)19)16-17(6)9/h3-4H,1-2H2,(H,18,19). The molecule has 1 aliphatic rings. The number of carbonyl (C=O) groups is 1. The van der Waals surface area contributed by atoms with Crippen molar-refractivity contribution in [3.63, 3.8) is 0 Å². The van der Waals surface area contributed by atoms with Gasteiger partial charge >= 0.3 is 12.1 Å². The van der Waals surface area contributed by atoms with Crippen LogP contribution in [0.25, 0.3) is 5.78 Å². The number of hydrogen-bond acceptors (Lipinski definition) is 4. The van der Waals surface area contributed by atoms with Gasteiger partial charge in [-0.3, -0.25) is 0 Å².